The van der Waals surface area contributed by atoms with Crippen molar-refractivity contribution < 1.29 is 0 Å². The molecule has 1 unspecified atom stereocenters. The summed E-state index contributed by atoms with van der Waals surface area (Å²) in [7, 11) is 1.81. The highest BCUT2D eigenvalue weighted by molar-refractivity contribution is 14.0. The highest BCUT2D eigenvalue weighted by Gasteiger charge is 2.20. The van der Waals surface area contributed by atoms with Crippen molar-refractivity contribution >= 4 is 41.3 Å². The summed E-state index contributed by atoms with van der Waals surface area (Å²) in [6.45, 7) is 5.81. The first-order valence-corrected chi connectivity index (χ1v) is 8.74. The van der Waals surface area contributed by atoms with E-state index >= 15 is 0 Å². The first-order chi connectivity index (χ1) is 11.2. The highest BCUT2D eigenvalue weighted by atomic mass is 127. The number of hydrogen-bond donors (Lipinski definition) is 2. The van der Waals surface area contributed by atoms with Crippen molar-refractivity contribution in [3.63, 3.8) is 0 Å². The first-order valence-electron chi connectivity index (χ1n) is 7.92. The Kier molecular flexibility index (Phi) is 6.96. The Bertz CT molecular complexity index is 694. The van der Waals surface area contributed by atoms with Crippen molar-refractivity contribution in [2.75, 3.05) is 13.6 Å². The van der Waals surface area contributed by atoms with E-state index in [9.17, 15) is 0 Å². The summed E-state index contributed by atoms with van der Waals surface area (Å²) >= 11 is 1.77. The number of halogens is 1. The van der Waals surface area contributed by atoms with E-state index < -0.39 is 0 Å². The standard InChI is InChI=1S/C15H23N7S.HI/c1-10-13(23-11(2)20-10)6-7-17-15(16-3)21-12-4-5-14-18-9-19-22(14)8-12;/h9,12H,4-8H2,1-3H3,(H2,16,17,21);1H. The highest BCUT2D eigenvalue weighted by Crippen LogP contribution is 2.17. The van der Waals surface area contributed by atoms with Crippen molar-refractivity contribution in [2.24, 2.45) is 4.99 Å². The number of aryl methyl sites for hydroxylation is 3. The molecule has 2 aromatic heterocycles. The van der Waals surface area contributed by atoms with E-state index in [0.717, 1.165) is 54.8 Å². The number of guanidine groups is 1. The zero-order valence-corrected chi connectivity index (χ0v) is 17.4. The number of aromatic nitrogens is 4. The monoisotopic (exact) mass is 461 g/mol. The third-order valence-corrected chi connectivity index (χ3v) is 5.15. The first kappa shape index (κ1) is 19.1. The molecular weight excluding hydrogens is 437 g/mol. The van der Waals surface area contributed by atoms with Crippen LogP contribution in [-0.2, 0) is 19.4 Å². The van der Waals surface area contributed by atoms with E-state index in [1.807, 2.05) is 4.68 Å². The molecule has 0 saturated carbocycles. The maximum Gasteiger partial charge on any atom is 0.191 e. The molecule has 1 atom stereocenters. The van der Waals surface area contributed by atoms with Gasteiger partial charge in [0, 0.05) is 37.4 Å². The molecule has 3 heterocycles. The van der Waals surface area contributed by atoms with Crippen LogP contribution < -0.4 is 10.6 Å². The molecule has 0 amide bonds. The average molecular weight is 461 g/mol. The van der Waals surface area contributed by atoms with Gasteiger partial charge in [0.05, 0.1) is 17.2 Å². The van der Waals surface area contributed by atoms with Gasteiger partial charge in [-0.3, -0.25) is 4.99 Å². The molecule has 2 aromatic rings. The predicted molar refractivity (Wildman–Crippen MR) is 107 cm³/mol. The van der Waals surface area contributed by atoms with Gasteiger partial charge in [0.2, 0.25) is 0 Å². The van der Waals surface area contributed by atoms with Gasteiger partial charge >= 0.3 is 0 Å². The third kappa shape index (κ3) is 4.65. The number of nitrogens with zero attached hydrogens (tertiary/aromatic N) is 5. The maximum absolute atomic E-state index is 4.47. The van der Waals surface area contributed by atoms with Gasteiger partial charge < -0.3 is 10.6 Å². The lowest BCUT2D eigenvalue weighted by Crippen LogP contribution is -2.47. The van der Waals surface area contributed by atoms with E-state index in [0.29, 0.717) is 6.04 Å². The Morgan fingerprint density at radius 3 is 3.00 bits per heavy atom. The fraction of sp³-hybridized carbons (Fsp3) is 0.600. The summed E-state index contributed by atoms with van der Waals surface area (Å²) in [6.07, 6.45) is 4.60. The summed E-state index contributed by atoms with van der Waals surface area (Å²) in [6, 6.07) is 0.336. The summed E-state index contributed by atoms with van der Waals surface area (Å²) in [5.74, 6) is 1.92. The zero-order chi connectivity index (χ0) is 16.2. The molecule has 0 aliphatic carbocycles. The van der Waals surface area contributed by atoms with Crippen LogP contribution in [0, 0.1) is 13.8 Å². The summed E-state index contributed by atoms with van der Waals surface area (Å²) in [5.41, 5.74) is 1.14. The lowest BCUT2D eigenvalue weighted by Gasteiger charge is -2.25. The quantitative estimate of drug-likeness (QED) is 0.412. The van der Waals surface area contributed by atoms with Crippen LogP contribution in [0.15, 0.2) is 11.3 Å². The van der Waals surface area contributed by atoms with Crippen LogP contribution in [0.25, 0.3) is 0 Å². The van der Waals surface area contributed by atoms with Gasteiger partial charge in [-0.15, -0.1) is 35.3 Å². The van der Waals surface area contributed by atoms with Crippen molar-refractivity contribution in [1.29, 1.82) is 0 Å². The minimum Gasteiger partial charge on any atom is -0.356 e. The molecule has 24 heavy (non-hydrogen) atoms. The van der Waals surface area contributed by atoms with Crippen molar-refractivity contribution in [3.05, 3.63) is 27.7 Å². The van der Waals surface area contributed by atoms with Crippen LogP contribution in [0.4, 0.5) is 0 Å². The van der Waals surface area contributed by atoms with Crippen LogP contribution >= 0.6 is 35.3 Å². The second kappa shape index (κ2) is 8.75. The van der Waals surface area contributed by atoms with Crippen molar-refractivity contribution in [3.8, 4) is 0 Å². The van der Waals surface area contributed by atoms with E-state index in [1.165, 1.54) is 4.88 Å². The zero-order valence-electron chi connectivity index (χ0n) is 14.2. The fourth-order valence-electron chi connectivity index (χ4n) is 2.84. The number of fused-ring (bicyclic) bond motifs is 1. The average Bonchev–Trinajstić information content (AvgIpc) is 3.12. The molecule has 7 nitrogen and oxygen atoms in total. The van der Waals surface area contributed by atoms with Crippen LogP contribution in [0.2, 0.25) is 0 Å². The topological polar surface area (TPSA) is 80.0 Å². The largest absolute Gasteiger partial charge is 0.356 e. The lowest BCUT2D eigenvalue weighted by atomic mass is 10.1. The van der Waals surface area contributed by atoms with Gasteiger partial charge in [0.1, 0.15) is 12.2 Å². The predicted octanol–water partition coefficient (Wildman–Crippen LogP) is 1.69. The smallest absolute Gasteiger partial charge is 0.191 e. The number of thiazole rings is 1. The summed E-state index contributed by atoms with van der Waals surface area (Å²) in [5, 5.41) is 12.3. The number of nitrogens with one attached hydrogen (secondary N) is 2. The molecule has 0 bridgehead atoms. The van der Waals surface area contributed by atoms with Crippen LogP contribution in [0.5, 0.6) is 0 Å². The Balaban J connectivity index is 0.00000208. The van der Waals surface area contributed by atoms with E-state index in [4.69, 9.17) is 0 Å². The van der Waals surface area contributed by atoms with Gasteiger partial charge in [0.25, 0.3) is 0 Å². The molecule has 0 spiro atoms. The normalized spacial score (nSPS) is 17.1. The molecule has 0 fully saturated rings. The van der Waals surface area contributed by atoms with Gasteiger partial charge in [0.15, 0.2) is 5.96 Å². The van der Waals surface area contributed by atoms with E-state index in [1.54, 1.807) is 24.7 Å². The third-order valence-electron chi connectivity index (χ3n) is 4.01. The maximum atomic E-state index is 4.47. The van der Waals surface area contributed by atoms with Crippen molar-refractivity contribution in [1.82, 2.24) is 30.4 Å². The summed E-state index contributed by atoms with van der Waals surface area (Å²) < 4.78 is 1.97. The molecule has 0 radical (unpaired) electrons. The van der Waals surface area contributed by atoms with Gasteiger partial charge in [-0.05, 0) is 20.3 Å². The number of aliphatic imine (C=N–C) groups is 1. The second-order valence-electron chi connectivity index (χ2n) is 5.73. The molecular formula is C15H24IN7S. The van der Waals surface area contributed by atoms with Crippen LogP contribution in [0.1, 0.15) is 27.8 Å². The van der Waals surface area contributed by atoms with Crippen LogP contribution in [-0.4, -0.2) is 45.3 Å². The molecule has 2 N–H and O–H groups in total. The molecule has 3 rings (SSSR count). The number of rotatable bonds is 4. The Morgan fingerprint density at radius 1 is 1.46 bits per heavy atom. The summed E-state index contributed by atoms with van der Waals surface area (Å²) in [4.78, 5) is 14.4. The molecule has 9 heteroatoms. The molecule has 0 aromatic carbocycles. The van der Waals surface area contributed by atoms with Gasteiger partial charge in [-0.25, -0.2) is 14.6 Å². The van der Waals surface area contributed by atoms with E-state index in [-0.39, 0.29) is 24.0 Å². The van der Waals surface area contributed by atoms with Gasteiger partial charge in [-0.2, -0.15) is 5.10 Å². The lowest BCUT2D eigenvalue weighted by molar-refractivity contribution is 0.393. The Labute approximate surface area is 163 Å². The van der Waals surface area contributed by atoms with Crippen molar-refractivity contribution in [2.45, 2.75) is 45.7 Å². The number of hydrogen-bond acceptors (Lipinski definition) is 5. The van der Waals surface area contributed by atoms with Crippen LogP contribution in [0.3, 0.4) is 0 Å². The minimum absolute atomic E-state index is 0. The Hall–Kier alpha value is -1.23. The minimum atomic E-state index is 0. The molecule has 1 aliphatic rings. The molecule has 0 saturated heterocycles. The SMILES string of the molecule is CN=C(NCCc1sc(C)nc1C)NC1CCc2ncnn2C1.I. The fourth-order valence-corrected chi connectivity index (χ4v) is 3.78. The Morgan fingerprint density at radius 2 is 2.29 bits per heavy atom. The van der Waals surface area contributed by atoms with Gasteiger partial charge in [-0.1, -0.05) is 0 Å². The molecule has 1 aliphatic heterocycles. The molecule has 132 valence electrons. The van der Waals surface area contributed by atoms with E-state index in [2.05, 4.69) is 44.5 Å². The second-order valence-corrected chi connectivity index (χ2v) is 7.02.